The maximum Gasteiger partial charge on any atom is 0.226 e. The summed E-state index contributed by atoms with van der Waals surface area (Å²) in [5, 5.41) is 8.31. The summed E-state index contributed by atoms with van der Waals surface area (Å²) in [6.45, 7) is 4.56. The Labute approximate surface area is 141 Å². The van der Waals surface area contributed by atoms with E-state index in [0.29, 0.717) is 12.3 Å². The second-order valence-corrected chi connectivity index (χ2v) is 6.34. The predicted molar refractivity (Wildman–Crippen MR) is 89.0 cm³/mol. The number of rotatable bonds is 5. The van der Waals surface area contributed by atoms with Gasteiger partial charge < -0.3 is 9.47 Å². The number of likely N-dealkylation sites (tertiary alicyclic amines) is 1. The van der Waals surface area contributed by atoms with Gasteiger partial charge in [0, 0.05) is 25.6 Å². The molecule has 5 nitrogen and oxygen atoms in total. The molecule has 0 atom stereocenters. The number of carbonyl (C=O) groups excluding carboxylic acids is 1. The summed E-state index contributed by atoms with van der Waals surface area (Å²) >= 11 is 0. The Morgan fingerprint density at radius 1 is 1.25 bits per heavy atom. The van der Waals surface area contributed by atoms with Gasteiger partial charge in [-0.25, -0.2) is 4.39 Å². The summed E-state index contributed by atoms with van der Waals surface area (Å²) < 4.78 is 15.1. The molecule has 6 heteroatoms. The van der Waals surface area contributed by atoms with Crippen molar-refractivity contribution in [3.05, 3.63) is 47.8 Å². The van der Waals surface area contributed by atoms with Crippen molar-refractivity contribution in [1.82, 2.24) is 19.7 Å². The number of piperidine rings is 1. The summed E-state index contributed by atoms with van der Waals surface area (Å²) in [4.78, 5) is 14.3. The first kappa shape index (κ1) is 16.6. The largest absolute Gasteiger partial charge is 0.342 e. The van der Waals surface area contributed by atoms with Gasteiger partial charge >= 0.3 is 0 Å². The quantitative estimate of drug-likeness (QED) is 0.847. The van der Waals surface area contributed by atoms with Gasteiger partial charge in [0.25, 0.3) is 0 Å². The van der Waals surface area contributed by atoms with Crippen LogP contribution >= 0.6 is 0 Å². The smallest absolute Gasteiger partial charge is 0.226 e. The Morgan fingerprint density at radius 2 is 1.96 bits per heavy atom. The summed E-state index contributed by atoms with van der Waals surface area (Å²) in [6, 6.07) is 6.14. The number of hydrogen-bond acceptors (Lipinski definition) is 3. The van der Waals surface area contributed by atoms with E-state index in [0.717, 1.165) is 50.3 Å². The number of carbonyl (C=O) groups is 1. The van der Waals surface area contributed by atoms with Crippen molar-refractivity contribution in [2.24, 2.45) is 0 Å². The maximum atomic E-state index is 12.9. The number of benzene rings is 1. The Hall–Kier alpha value is -2.24. The minimum absolute atomic E-state index is 0.107. The highest BCUT2D eigenvalue weighted by molar-refractivity contribution is 5.78. The molecule has 1 saturated heterocycles. The number of hydrogen-bond donors (Lipinski definition) is 0. The van der Waals surface area contributed by atoms with Crippen LogP contribution in [-0.4, -0.2) is 38.7 Å². The Bertz CT molecular complexity index is 675. The van der Waals surface area contributed by atoms with E-state index >= 15 is 0 Å². The highest BCUT2D eigenvalue weighted by atomic mass is 19.1. The second-order valence-electron chi connectivity index (χ2n) is 6.34. The minimum atomic E-state index is -0.275. The SMILES string of the molecule is CCCn1cnnc1C1CCN(C(=O)Cc2ccc(F)cc2)CC1. The molecular weight excluding hydrogens is 307 g/mol. The zero-order chi connectivity index (χ0) is 16.9. The summed E-state index contributed by atoms with van der Waals surface area (Å²) in [6.07, 6.45) is 5.01. The van der Waals surface area contributed by atoms with Crippen LogP contribution in [0.15, 0.2) is 30.6 Å². The van der Waals surface area contributed by atoms with Gasteiger partial charge in [-0.1, -0.05) is 19.1 Å². The fourth-order valence-corrected chi connectivity index (χ4v) is 3.27. The number of halogens is 1. The van der Waals surface area contributed by atoms with Crippen molar-refractivity contribution in [2.45, 2.75) is 45.1 Å². The van der Waals surface area contributed by atoms with Crippen LogP contribution in [0.5, 0.6) is 0 Å². The van der Waals surface area contributed by atoms with Crippen LogP contribution in [0.1, 0.15) is 43.5 Å². The highest BCUT2D eigenvalue weighted by Gasteiger charge is 2.26. The maximum absolute atomic E-state index is 12.9. The molecule has 1 amide bonds. The van der Waals surface area contributed by atoms with Crippen LogP contribution in [-0.2, 0) is 17.8 Å². The van der Waals surface area contributed by atoms with Crippen molar-refractivity contribution < 1.29 is 9.18 Å². The van der Waals surface area contributed by atoms with E-state index in [2.05, 4.69) is 21.7 Å². The monoisotopic (exact) mass is 330 g/mol. The molecule has 0 saturated carbocycles. The number of amides is 1. The molecule has 0 spiro atoms. The lowest BCUT2D eigenvalue weighted by molar-refractivity contribution is -0.131. The zero-order valence-electron chi connectivity index (χ0n) is 14.0. The fraction of sp³-hybridized carbons (Fsp3) is 0.500. The average Bonchev–Trinajstić information content (AvgIpc) is 3.06. The molecule has 2 heterocycles. The van der Waals surface area contributed by atoms with Gasteiger partial charge in [0.1, 0.15) is 18.0 Å². The van der Waals surface area contributed by atoms with Crippen LogP contribution in [0.25, 0.3) is 0 Å². The molecule has 0 N–H and O–H groups in total. The molecular formula is C18H23FN4O. The molecule has 1 aliphatic heterocycles. The summed E-state index contributed by atoms with van der Waals surface area (Å²) in [5.74, 6) is 1.25. The van der Waals surface area contributed by atoms with Crippen LogP contribution in [0.3, 0.4) is 0 Å². The number of aryl methyl sites for hydroxylation is 1. The molecule has 2 aromatic rings. The molecule has 1 aromatic carbocycles. The average molecular weight is 330 g/mol. The topological polar surface area (TPSA) is 51.0 Å². The molecule has 0 unspecified atom stereocenters. The normalized spacial score (nSPS) is 15.7. The Kier molecular flexibility index (Phi) is 5.23. The standard InChI is InChI=1S/C18H23FN4O/c1-2-9-23-13-20-21-18(23)15-7-10-22(11-8-15)17(24)12-14-3-5-16(19)6-4-14/h3-6,13,15H,2,7-12H2,1H3. The minimum Gasteiger partial charge on any atom is -0.342 e. The molecule has 1 aliphatic rings. The van der Waals surface area contributed by atoms with Gasteiger partial charge in [0.05, 0.1) is 6.42 Å². The van der Waals surface area contributed by atoms with E-state index < -0.39 is 0 Å². The molecule has 24 heavy (non-hydrogen) atoms. The first-order valence-corrected chi connectivity index (χ1v) is 8.57. The van der Waals surface area contributed by atoms with Crippen LogP contribution in [0.2, 0.25) is 0 Å². The highest BCUT2D eigenvalue weighted by Crippen LogP contribution is 2.27. The zero-order valence-corrected chi connectivity index (χ0v) is 14.0. The Morgan fingerprint density at radius 3 is 2.62 bits per heavy atom. The Balaban J connectivity index is 1.55. The fourth-order valence-electron chi connectivity index (χ4n) is 3.27. The van der Waals surface area contributed by atoms with Crippen LogP contribution < -0.4 is 0 Å². The van der Waals surface area contributed by atoms with Crippen molar-refractivity contribution >= 4 is 5.91 Å². The third kappa shape index (κ3) is 3.80. The van der Waals surface area contributed by atoms with Crippen LogP contribution in [0, 0.1) is 5.82 Å². The summed E-state index contributed by atoms with van der Waals surface area (Å²) in [5.41, 5.74) is 0.853. The van der Waals surface area contributed by atoms with Gasteiger partial charge in [-0.3, -0.25) is 4.79 Å². The van der Waals surface area contributed by atoms with Crippen molar-refractivity contribution in [3.8, 4) is 0 Å². The van der Waals surface area contributed by atoms with Gasteiger partial charge in [0.2, 0.25) is 5.91 Å². The van der Waals surface area contributed by atoms with Gasteiger partial charge in [-0.05, 0) is 37.0 Å². The van der Waals surface area contributed by atoms with Crippen molar-refractivity contribution in [3.63, 3.8) is 0 Å². The first-order chi connectivity index (χ1) is 11.7. The van der Waals surface area contributed by atoms with Gasteiger partial charge in [-0.2, -0.15) is 0 Å². The third-order valence-electron chi connectivity index (χ3n) is 4.59. The van der Waals surface area contributed by atoms with Crippen molar-refractivity contribution in [2.75, 3.05) is 13.1 Å². The lowest BCUT2D eigenvalue weighted by Crippen LogP contribution is -2.39. The summed E-state index contributed by atoms with van der Waals surface area (Å²) in [7, 11) is 0. The number of aromatic nitrogens is 3. The predicted octanol–water partition coefficient (Wildman–Crippen LogP) is 2.78. The van der Waals surface area contributed by atoms with E-state index in [4.69, 9.17) is 0 Å². The first-order valence-electron chi connectivity index (χ1n) is 8.57. The third-order valence-corrected chi connectivity index (χ3v) is 4.59. The molecule has 0 aliphatic carbocycles. The van der Waals surface area contributed by atoms with E-state index in [1.54, 1.807) is 18.5 Å². The lowest BCUT2D eigenvalue weighted by Gasteiger charge is -2.31. The molecule has 128 valence electrons. The van der Waals surface area contributed by atoms with E-state index in [9.17, 15) is 9.18 Å². The molecule has 1 fully saturated rings. The number of nitrogens with zero attached hydrogens (tertiary/aromatic N) is 4. The second kappa shape index (κ2) is 7.55. The van der Waals surface area contributed by atoms with Gasteiger partial charge in [-0.15, -0.1) is 10.2 Å². The molecule has 1 aromatic heterocycles. The lowest BCUT2D eigenvalue weighted by atomic mass is 9.95. The van der Waals surface area contributed by atoms with Gasteiger partial charge in [0.15, 0.2) is 0 Å². The van der Waals surface area contributed by atoms with Crippen LogP contribution in [0.4, 0.5) is 4.39 Å². The van der Waals surface area contributed by atoms with E-state index in [1.165, 1.54) is 12.1 Å². The van der Waals surface area contributed by atoms with Crippen molar-refractivity contribution in [1.29, 1.82) is 0 Å². The molecule has 3 rings (SSSR count). The molecule has 0 bridgehead atoms. The molecule has 0 radical (unpaired) electrons. The van der Waals surface area contributed by atoms with E-state index in [1.807, 2.05) is 4.90 Å². The van der Waals surface area contributed by atoms with E-state index in [-0.39, 0.29) is 11.7 Å².